The maximum absolute atomic E-state index is 13.7. The highest BCUT2D eigenvalue weighted by Crippen LogP contribution is 2.43. The fourth-order valence-electron chi connectivity index (χ4n) is 5.79. The van der Waals surface area contributed by atoms with Crippen molar-refractivity contribution in [3.63, 3.8) is 0 Å². The Bertz CT molecular complexity index is 1110. The van der Waals surface area contributed by atoms with Gasteiger partial charge >= 0.3 is 6.36 Å². The molecule has 1 aromatic rings. The number of likely N-dealkylation sites (tertiary alicyclic amines) is 1. The molecule has 3 heterocycles. The van der Waals surface area contributed by atoms with Gasteiger partial charge in [0.2, 0.25) is 11.8 Å². The minimum atomic E-state index is -5.04. The van der Waals surface area contributed by atoms with Crippen LogP contribution >= 0.6 is 11.6 Å². The predicted molar refractivity (Wildman–Crippen MR) is 128 cm³/mol. The zero-order valence-corrected chi connectivity index (χ0v) is 21.8. The van der Waals surface area contributed by atoms with Crippen LogP contribution in [0.4, 0.5) is 13.2 Å². The third kappa shape index (κ3) is 6.84. The Kier molecular flexibility index (Phi) is 9.07. The summed E-state index contributed by atoms with van der Waals surface area (Å²) in [6.45, 7) is -0.700. The predicted octanol–water partition coefficient (Wildman–Crippen LogP) is 1.56. The number of amides is 3. The van der Waals surface area contributed by atoms with Crippen LogP contribution in [0.25, 0.3) is 0 Å². The number of aromatic nitrogens is 2. The number of nitrogens with one attached hydrogen (secondary N) is 2. The summed E-state index contributed by atoms with van der Waals surface area (Å²) in [4.78, 5) is 61.6. The number of methoxy groups -OCH3 is 1. The van der Waals surface area contributed by atoms with E-state index in [0.717, 1.165) is 12.8 Å². The Hall–Kier alpha value is -2.84. The maximum atomic E-state index is 13.7. The smallest absolute Gasteiger partial charge is 0.365 e. The quantitative estimate of drug-likeness (QED) is 0.428. The van der Waals surface area contributed by atoms with E-state index in [9.17, 15) is 32.3 Å². The Balaban J connectivity index is 1.56. The van der Waals surface area contributed by atoms with Gasteiger partial charge in [-0.2, -0.15) is 0 Å². The van der Waals surface area contributed by atoms with Crippen molar-refractivity contribution in [2.24, 2.45) is 17.8 Å². The van der Waals surface area contributed by atoms with Crippen molar-refractivity contribution in [3.05, 3.63) is 23.2 Å². The number of Topliss-reactive ketones (excluding diaryl/α,β-unsaturated/α-hetero) is 1. The Morgan fingerprint density at radius 1 is 1.26 bits per heavy atom. The van der Waals surface area contributed by atoms with E-state index in [2.05, 4.69) is 25.3 Å². The minimum absolute atomic E-state index is 0.0241. The number of halogens is 4. The molecule has 3 amide bonds. The fourth-order valence-corrected chi connectivity index (χ4v) is 5.94. The summed E-state index contributed by atoms with van der Waals surface area (Å²) in [6.07, 6.45) is -1.16. The zero-order chi connectivity index (χ0) is 28.3. The summed E-state index contributed by atoms with van der Waals surface area (Å²) >= 11 is 5.93. The van der Waals surface area contributed by atoms with Gasteiger partial charge in [-0.3, -0.25) is 28.9 Å². The van der Waals surface area contributed by atoms with Gasteiger partial charge in [-0.05, 0) is 37.5 Å². The van der Waals surface area contributed by atoms with Crippen molar-refractivity contribution in [2.75, 3.05) is 26.8 Å². The average Bonchev–Trinajstić information content (AvgIpc) is 3.58. The normalized spacial score (nSPS) is 26.2. The van der Waals surface area contributed by atoms with Crippen LogP contribution in [0.5, 0.6) is 0 Å². The van der Waals surface area contributed by atoms with E-state index < -0.39 is 54.7 Å². The standard InChI is InChI=1S/C24H29ClF3N5O6/c1-38-20(16-8-29-9-18(25)31-16)23(37)33-10-13-3-2-4-14(13)19(33)22(36)32-15(7-12-5-6-30-21(12)35)17(34)11-39-24(26,27)28/h8-9,12-15,19-20H,2-7,10-11H2,1H3,(H,30,35)(H,32,36)/t12-,13-,14-,15-,19-,20?/m0/s1. The highest BCUT2D eigenvalue weighted by molar-refractivity contribution is 6.29. The van der Waals surface area contributed by atoms with E-state index in [-0.39, 0.29) is 41.6 Å². The summed E-state index contributed by atoms with van der Waals surface area (Å²) in [7, 11) is 1.30. The SMILES string of the molecule is COC(C(=O)N1C[C@@H]2CCC[C@@H]2[C@H]1C(=O)N[C@@H](C[C@@H]1CCNC1=O)C(=O)COC(F)(F)F)c1cncc(Cl)n1. The molecule has 214 valence electrons. The molecule has 3 aliphatic rings. The molecule has 11 nitrogen and oxygen atoms in total. The van der Waals surface area contributed by atoms with Crippen molar-refractivity contribution in [2.45, 2.75) is 56.7 Å². The monoisotopic (exact) mass is 575 g/mol. The molecular weight excluding hydrogens is 547 g/mol. The highest BCUT2D eigenvalue weighted by atomic mass is 35.5. The molecule has 15 heteroatoms. The summed E-state index contributed by atoms with van der Waals surface area (Å²) in [5.74, 6) is -3.47. The van der Waals surface area contributed by atoms with Gasteiger partial charge in [-0.15, -0.1) is 13.2 Å². The number of hydrogen-bond acceptors (Lipinski definition) is 8. The first kappa shape index (κ1) is 29.2. The van der Waals surface area contributed by atoms with E-state index >= 15 is 0 Å². The topological polar surface area (TPSA) is 140 Å². The first-order chi connectivity index (χ1) is 18.5. The van der Waals surface area contributed by atoms with E-state index in [0.29, 0.717) is 19.4 Å². The largest absolute Gasteiger partial charge is 0.522 e. The molecule has 2 aliphatic heterocycles. The molecule has 4 rings (SSSR count). The van der Waals surface area contributed by atoms with Gasteiger partial charge in [0, 0.05) is 26.1 Å². The van der Waals surface area contributed by atoms with Gasteiger partial charge in [0.05, 0.1) is 24.1 Å². The average molecular weight is 576 g/mol. The number of fused-ring (bicyclic) bond motifs is 1. The number of rotatable bonds is 10. The molecule has 2 N–H and O–H groups in total. The minimum Gasteiger partial charge on any atom is -0.365 e. The van der Waals surface area contributed by atoms with Crippen molar-refractivity contribution >= 4 is 35.1 Å². The molecule has 0 spiro atoms. The summed E-state index contributed by atoms with van der Waals surface area (Å²) in [6, 6.07) is -2.41. The van der Waals surface area contributed by atoms with Crippen molar-refractivity contribution < 1.29 is 41.8 Å². The molecular formula is C24H29ClF3N5O6. The maximum Gasteiger partial charge on any atom is 0.522 e. The molecule has 1 saturated carbocycles. The highest BCUT2D eigenvalue weighted by Gasteiger charge is 2.51. The number of nitrogens with zero attached hydrogens (tertiary/aromatic N) is 3. The van der Waals surface area contributed by atoms with Gasteiger partial charge in [0.1, 0.15) is 17.8 Å². The van der Waals surface area contributed by atoms with Gasteiger partial charge in [-0.25, -0.2) is 4.98 Å². The second-order valence-corrected chi connectivity index (χ2v) is 10.3. The third-order valence-corrected chi connectivity index (χ3v) is 7.74. The number of carbonyl (C=O) groups is 4. The van der Waals surface area contributed by atoms with Gasteiger partial charge in [0.25, 0.3) is 5.91 Å². The number of ether oxygens (including phenoxy) is 2. The summed E-state index contributed by atoms with van der Waals surface area (Å²) in [5, 5.41) is 5.20. The third-order valence-electron chi connectivity index (χ3n) is 7.56. The van der Waals surface area contributed by atoms with Crippen LogP contribution in [0.1, 0.15) is 43.9 Å². The molecule has 0 bridgehead atoms. The lowest BCUT2D eigenvalue weighted by Crippen LogP contribution is -2.54. The lowest BCUT2D eigenvalue weighted by atomic mass is 9.92. The van der Waals surface area contributed by atoms with E-state index in [1.54, 1.807) is 0 Å². The molecule has 39 heavy (non-hydrogen) atoms. The van der Waals surface area contributed by atoms with Crippen LogP contribution < -0.4 is 10.6 Å². The molecule has 1 aromatic heterocycles. The van der Waals surface area contributed by atoms with Gasteiger partial charge < -0.3 is 20.3 Å². The van der Waals surface area contributed by atoms with Crippen LogP contribution in [0.2, 0.25) is 5.15 Å². The van der Waals surface area contributed by atoms with Gasteiger partial charge in [0.15, 0.2) is 11.9 Å². The fraction of sp³-hybridized carbons (Fsp3) is 0.667. The van der Waals surface area contributed by atoms with Crippen molar-refractivity contribution in [3.8, 4) is 0 Å². The Morgan fingerprint density at radius 2 is 2.03 bits per heavy atom. The first-order valence-corrected chi connectivity index (χ1v) is 13.0. The Labute approximate surface area is 227 Å². The van der Waals surface area contributed by atoms with Crippen LogP contribution in [-0.2, 0) is 28.7 Å². The molecule has 2 saturated heterocycles. The number of carbonyl (C=O) groups excluding carboxylic acids is 4. The molecule has 0 aromatic carbocycles. The van der Waals surface area contributed by atoms with E-state index in [1.165, 1.54) is 24.4 Å². The molecule has 1 aliphatic carbocycles. The van der Waals surface area contributed by atoms with E-state index in [1.807, 2.05) is 0 Å². The Morgan fingerprint density at radius 3 is 2.67 bits per heavy atom. The van der Waals surface area contributed by atoms with Crippen molar-refractivity contribution in [1.82, 2.24) is 25.5 Å². The summed E-state index contributed by atoms with van der Waals surface area (Å²) in [5.41, 5.74) is 0.149. The molecule has 3 fully saturated rings. The molecule has 6 atom stereocenters. The van der Waals surface area contributed by atoms with Crippen LogP contribution in [-0.4, -0.2) is 83.6 Å². The second kappa shape index (κ2) is 12.1. The second-order valence-electron chi connectivity index (χ2n) is 9.95. The molecule has 1 unspecified atom stereocenters. The number of ketones is 1. The van der Waals surface area contributed by atoms with Crippen LogP contribution in [0.3, 0.4) is 0 Å². The summed E-state index contributed by atoms with van der Waals surface area (Å²) < 4.78 is 46.9. The van der Waals surface area contributed by atoms with Crippen LogP contribution in [0, 0.1) is 17.8 Å². The zero-order valence-electron chi connectivity index (χ0n) is 21.1. The lowest BCUT2D eigenvalue weighted by molar-refractivity contribution is -0.321. The van der Waals surface area contributed by atoms with Crippen LogP contribution in [0.15, 0.2) is 12.4 Å². The molecule has 0 radical (unpaired) electrons. The lowest BCUT2D eigenvalue weighted by Gasteiger charge is -2.31. The van der Waals surface area contributed by atoms with E-state index in [4.69, 9.17) is 16.3 Å². The van der Waals surface area contributed by atoms with Crippen molar-refractivity contribution in [1.29, 1.82) is 0 Å². The number of hydrogen-bond donors (Lipinski definition) is 2. The van der Waals surface area contributed by atoms with Gasteiger partial charge in [-0.1, -0.05) is 18.0 Å². The number of alkyl halides is 3. The first-order valence-electron chi connectivity index (χ1n) is 12.6.